The number of aromatic nitrogens is 2. The highest BCUT2D eigenvalue weighted by molar-refractivity contribution is 9.10. The van der Waals surface area contributed by atoms with Gasteiger partial charge in [-0.2, -0.15) is 4.98 Å². The zero-order valence-electron chi connectivity index (χ0n) is 16.6. The van der Waals surface area contributed by atoms with Gasteiger partial charge < -0.3 is 9.84 Å². The first-order chi connectivity index (χ1) is 14.5. The van der Waals surface area contributed by atoms with Crippen molar-refractivity contribution in [1.82, 2.24) is 15.0 Å². The van der Waals surface area contributed by atoms with Crippen LogP contribution in [-0.2, 0) is 11.3 Å². The van der Waals surface area contributed by atoms with Gasteiger partial charge >= 0.3 is 0 Å². The molecule has 6 nitrogen and oxygen atoms in total. The lowest BCUT2D eigenvalue weighted by Gasteiger charge is -2.30. The van der Waals surface area contributed by atoms with Crippen molar-refractivity contribution in [1.29, 1.82) is 0 Å². The number of rotatable bonds is 5. The largest absolute Gasteiger partial charge is 0.338 e. The highest BCUT2D eigenvalue weighted by Crippen LogP contribution is 2.25. The molecule has 0 spiro atoms. The number of aryl methyl sites for hydroxylation is 1. The zero-order valence-corrected chi connectivity index (χ0v) is 18.9. The molecular formula is C22H22BrClN4O2. The molecular weight excluding hydrogens is 468 g/mol. The first-order valence-corrected chi connectivity index (χ1v) is 11.0. The summed E-state index contributed by atoms with van der Waals surface area (Å²) in [6.45, 7) is 4.16. The Balaban J connectivity index is 1.30. The summed E-state index contributed by atoms with van der Waals surface area (Å²) in [5, 5.41) is 7.73. The molecule has 4 rings (SSSR count). The second-order valence-electron chi connectivity index (χ2n) is 7.52. The van der Waals surface area contributed by atoms with Gasteiger partial charge in [-0.15, -0.1) is 0 Å². The molecule has 0 aliphatic carbocycles. The highest BCUT2D eigenvalue weighted by Gasteiger charge is 2.26. The van der Waals surface area contributed by atoms with Crippen LogP contribution in [0.25, 0.3) is 11.4 Å². The van der Waals surface area contributed by atoms with Gasteiger partial charge in [0.15, 0.2) is 0 Å². The summed E-state index contributed by atoms with van der Waals surface area (Å²) in [6.07, 6.45) is 1.58. The Kier molecular flexibility index (Phi) is 6.51. The number of anilines is 1. The molecule has 1 aliphatic heterocycles. The van der Waals surface area contributed by atoms with Gasteiger partial charge in [0.05, 0.1) is 6.54 Å². The number of carbonyl (C=O) groups is 1. The summed E-state index contributed by atoms with van der Waals surface area (Å²) in [5.74, 6) is 1.21. The molecule has 1 saturated heterocycles. The predicted molar refractivity (Wildman–Crippen MR) is 120 cm³/mol. The molecule has 3 aromatic rings. The van der Waals surface area contributed by atoms with Crippen LogP contribution in [0, 0.1) is 12.8 Å². The molecule has 1 N–H and O–H groups in total. The van der Waals surface area contributed by atoms with Gasteiger partial charge in [0, 0.05) is 26.7 Å². The number of carbonyl (C=O) groups excluding carboxylic acids is 1. The smallest absolute Gasteiger partial charge is 0.241 e. The summed E-state index contributed by atoms with van der Waals surface area (Å²) in [6, 6.07) is 13.3. The molecule has 8 heteroatoms. The Morgan fingerprint density at radius 1 is 1.23 bits per heavy atom. The Morgan fingerprint density at radius 3 is 2.70 bits per heavy atom. The first kappa shape index (κ1) is 21.0. The average Bonchev–Trinajstić information content (AvgIpc) is 3.20. The van der Waals surface area contributed by atoms with E-state index in [1.165, 1.54) is 0 Å². The fraction of sp³-hybridized carbons (Fsp3) is 0.318. The number of hydrogen-bond acceptors (Lipinski definition) is 5. The van der Waals surface area contributed by atoms with E-state index >= 15 is 0 Å². The van der Waals surface area contributed by atoms with Crippen molar-refractivity contribution in [2.24, 2.45) is 5.92 Å². The summed E-state index contributed by atoms with van der Waals surface area (Å²) in [5.41, 5.74) is 2.70. The lowest BCUT2D eigenvalue weighted by molar-refractivity contribution is -0.121. The van der Waals surface area contributed by atoms with E-state index in [0.717, 1.165) is 47.2 Å². The van der Waals surface area contributed by atoms with Crippen molar-refractivity contribution in [2.45, 2.75) is 26.3 Å². The van der Waals surface area contributed by atoms with Crippen LogP contribution in [0.15, 0.2) is 51.5 Å². The minimum atomic E-state index is -0.0133. The number of nitrogens with one attached hydrogen (secondary N) is 1. The van der Waals surface area contributed by atoms with E-state index in [0.29, 0.717) is 23.3 Å². The van der Waals surface area contributed by atoms with Crippen molar-refractivity contribution in [2.75, 3.05) is 18.4 Å². The number of hydrogen-bond donors (Lipinski definition) is 1. The van der Waals surface area contributed by atoms with E-state index in [2.05, 4.69) is 36.3 Å². The van der Waals surface area contributed by atoms with E-state index in [1.807, 2.05) is 43.3 Å². The van der Waals surface area contributed by atoms with Gasteiger partial charge in [-0.1, -0.05) is 38.8 Å². The lowest BCUT2D eigenvalue weighted by Crippen LogP contribution is -2.37. The van der Waals surface area contributed by atoms with Crippen LogP contribution < -0.4 is 5.32 Å². The molecule has 2 heterocycles. The second-order valence-corrected chi connectivity index (χ2v) is 8.87. The Labute approximate surface area is 188 Å². The Bertz CT molecular complexity index is 1030. The monoisotopic (exact) mass is 488 g/mol. The van der Waals surface area contributed by atoms with E-state index < -0.39 is 0 Å². The maximum atomic E-state index is 12.7. The summed E-state index contributed by atoms with van der Waals surface area (Å²) >= 11 is 9.47. The maximum absolute atomic E-state index is 12.7. The topological polar surface area (TPSA) is 71.3 Å². The first-order valence-electron chi connectivity index (χ1n) is 9.86. The third-order valence-corrected chi connectivity index (χ3v) is 6.11. The molecule has 156 valence electrons. The van der Waals surface area contributed by atoms with Crippen molar-refractivity contribution >= 4 is 39.1 Å². The standard InChI is InChI=1S/C22H22BrClN4O2/c1-14-2-7-18(24)12-19(14)25-22(29)16-8-10-28(11-9-16)13-20-26-21(27-30-20)15-3-5-17(23)6-4-15/h2-7,12,16H,8-11,13H2,1H3,(H,25,29). The molecule has 1 aliphatic rings. The number of amides is 1. The van der Waals surface area contributed by atoms with Crippen LogP contribution in [-0.4, -0.2) is 34.0 Å². The molecule has 1 aromatic heterocycles. The molecule has 0 radical (unpaired) electrons. The summed E-state index contributed by atoms with van der Waals surface area (Å²) in [7, 11) is 0. The molecule has 30 heavy (non-hydrogen) atoms. The molecule has 0 atom stereocenters. The van der Waals surface area contributed by atoms with Crippen molar-refractivity contribution < 1.29 is 9.32 Å². The van der Waals surface area contributed by atoms with Crippen LogP contribution in [0.2, 0.25) is 5.02 Å². The van der Waals surface area contributed by atoms with Gasteiger partial charge in [-0.05, 0) is 74.8 Å². The molecule has 0 unspecified atom stereocenters. The normalized spacial score (nSPS) is 15.3. The number of likely N-dealkylation sites (tertiary alicyclic amines) is 1. The number of piperidine rings is 1. The van der Waals surface area contributed by atoms with Gasteiger partial charge in [-0.25, -0.2) is 0 Å². The second kappa shape index (κ2) is 9.29. The van der Waals surface area contributed by atoms with Crippen molar-refractivity contribution in [3.63, 3.8) is 0 Å². The van der Waals surface area contributed by atoms with Crippen molar-refractivity contribution in [3.05, 3.63) is 63.4 Å². The third kappa shape index (κ3) is 5.09. The van der Waals surface area contributed by atoms with Crippen LogP contribution in [0.3, 0.4) is 0 Å². The average molecular weight is 490 g/mol. The fourth-order valence-electron chi connectivity index (χ4n) is 3.54. The van der Waals surface area contributed by atoms with Crippen LogP contribution in [0.4, 0.5) is 5.69 Å². The predicted octanol–water partition coefficient (Wildman–Crippen LogP) is 5.31. The maximum Gasteiger partial charge on any atom is 0.241 e. The van der Waals surface area contributed by atoms with Gasteiger partial charge in [-0.3, -0.25) is 9.69 Å². The molecule has 1 amide bonds. The fourth-order valence-corrected chi connectivity index (χ4v) is 3.98. The molecule has 0 bridgehead atoms. The third-order valence-electron chi connectivity index (χ3n) is 5.35. The van der Waals surface area contributed by atoms with E-state index in [-0.39, 0.29) is 11.8 Å². The molecule has 1 fully saturated rings. The Morgan fingerprint density at radius 2 is 1.97 bits per heavy atom. The SMILES string of the molecule is Cc1ccc(Cl)cc1NC(=O)C1CCN(Cc2nc(-c3ccc(Br)cc3)no2)CC1. The molecule has 0 saturated carbocycles. The van der Waals surface area contributed by atoms with E-state index in [1.54, 1.807) is 6.07 Å². The van der Waals surface area contributed by atoms with Gasteiger partial charge in [0.25, 0.3) is 0 Å². The summed E-state index contributed by atoms with van der Waals surface area (Å²) in [4.78, 5) is 19.4. The van der Waals surface area contributed by atoms with Crippen LogP contribution in [0.5, 0.6) is 0 Å². The number of nitrogens with zero attached hydrogens (tertiary/aromatic N) is 3. The number of halogens is 2. The van der Waals surface area contributed by atoms with E-state index in [9.17, 15) is 4.79 Å². The highest BCUT2D eigenvalue weighted by atomic mass is 79.9. The van der Waals surface area contributed by atoms with Crippen LogP contribution in [0.1, 0.15) is 24.3 Å². The minimum absolute atomic E-state index is 0.0133. The van der Waals surface area contributed by atoms with E-state index in [4.69, 9.17) is 16.1 Å². The lowest BCUT2D eigenvalue weighted by atomic mass is 9.95. The number of benzene rings is 2. The Hall–Kier alpha value is -2.22. The van der Waals surface area contributed by atoms with Crippen LogP contribution >= 0.6 is 27.5 Å². The molecule has 2 aromatic carbocycles. The minimum Gasteiger partial charge on any atom is -0.338 e. The quantitative estimate of drug-likeness (QED) is 0.526. The zero-order chi connectivity index (χ0) is 21.1. The van der Waals surface area contributed by atoms with Crippen molar-refractivity contribution in [3.8, 4) is 11.4 Å². The van der Waals surface area contributed by atoms with Gasteiger partial charge in [0.1, 0.15) is 0 Å². The summed E-state index contributed by atoms with van der Waals surface area (Å²) < 4.78 is 6.43. The van der Waals surface area contributed by atoms with Gasteiger partial charge in [0.2, 0.25) is 17.6 Å².